The van der Waals surface area contributed by atoms with Crippen LogP contribution in [-0.4, -0.2) is 16.4 Å². The molecule has 0 saturated carbocycles. The van der Waals surface area contributed by atoms with Gasteiger partial charge in [-0.25, -0.2) is 0 Å². The van der Waals surface area contributed by atoms with Gasteiger partial charge in [0.2, 0.25) is 5.78 Å². The molecule has 0 amide bonds. The standard InChI is InChI=1S/C8Cl2N2O2/c9-5-6(10)8(14)4(2-12)3(1-11)7(5)13/p+1. The minimum atomic E-state index is -0.853. The van der Waals surface area contributed by atoms with Crippen molar-refractivity contribution in [3.05, 3.63) is 21.2 Å². The van der Waals surface area contributed by atoms with E-state index in [2.05, 4.69) is 0 Å². The Kier molecular flexibility index (Phi) is 2.71. The van der Waals surface area contributed by atoms with Gasteiger partial charge in [-0.3, -0.25) is 9.59 Å². The van der Waals surface area contributed by atoms with E-state index in [1.807, 2.05) is 0 Å². The van der Waals surface area contributed by atoms with Crippen LogP contribution in [0.4, 0.5) is 0 Å². The third-order valence-electron chi connectivity index (χ3n) is 1.54. The molecule has 0 aromatic heterocycles. The Morgan fingerprint density at radius 1 is 1.07 bits per heavy atom. The highest BCUT2D eigenvalue weighted by molar-refractivity contribution is 6.59. The number of nitrogens with zero attached hydrogens (tertiary/aromatic N) is 2. The summed E-state index contributed by atoms with van der Waals surface area (Å²) >= 11 is 10.9. The van der Waals surface area contributed by atoms with Crippen LogP contribution in [0.15, 0.2) is 21.2 Å². The first-order valence-corrected chi connectivity index (χ1v) is 4.01. The lowest BCUT2D eigenvalue weighted by molar-refractivity contribution is -0.111. The van der Waals surface area contributed by atoms with Gasteiger partial charge in [-0.05, 0) is 0 Å². The first kappa shape index (κ1) is 10.5. The lowest BCUT2D eigenvalue weighted by Crippen LogP contribution is -2.18. The molecule has 0 aromatic carbocycles. The van der Waals surface area contributed by atoms with E-state index in [1.165, 1.54) is 12.1 Å². The molecular weight excluding hydrogens is 227 g/mol. The molecule has 68 valence electrons. The molecule has 0 bridgehead atoms. The summed E-state index contributed by atoms with van der Waals surface area (Å²) in [6, 6.07) is 2.99. The first-order valence-electron chi connectivity index (χ1n) is 3.25. The number of nitriles is 2. The van der Waals surface area contributed by atoms with Gasteiger partial charge in [0.25, 0.3) is 0 Å². The van der Waals surface area contributed by atoms with Crippen molar-refractivity contribution in [2.24, 2.45) is 0 Å². The highest BCUT2D eigenvalue weighted by atomic mass is 35.5. The van der Waals surface area contributed by atoms with Gasteiger partial charge in [0.05, 0.1) is 0 Å². The predicted molar refractivity (Wildman–Crippen MR) is 48.9 cm³/mol. The summed E-state index contributed by atoms with van der Waals surface area (Å²) in [5, 5.41) is 16.3. The summed E-state index contributed by atoms with van der Waals surface area (Å²) in [6.45, 7) is 0. The van der Waals surface area contributed by atoms with E-state index in [-0.39, 0.29) is 0 Å². The summed E-state index contributed by atoms with van der Waals surface area (Å²) in [6.07, 6.45) is 0. The van der Waals surface area contributed by atoms with Gasteiger partial charge in [-0.1, -0.05) is 23.2 Å². The summed E-state index contributed by atoms with van der Waals surface area (Å²) in [5.74, 6) is -1.50. The zero-order valence-electron chi connectivity index (χ0n) is 6.51. The van der Waals surface area contributed by atoms with Crippen molar-refractivity contribution in [3.63, 3.8) is 0 Å². The Bertz CT molecular complexity index is 444. The lowest BCUT2D eigenvalue weighted by atomic mass is 9.96. The lowest BCUT2D eigenvalue weighted by Gasteiger charge is -2.04. The van der Waals surface area contributed by atoms with Crippen LogP contribution >= 0.6 is 23.2 Å². The van der Waals surface area contributed by atoms with Gasteiger partial charge in [-0.15, -0.1) is 0 Å². The molecular formula is C8HCl2N2O2+. The maximum absolute atomic E-state index is 11.3. The minimum absolute atomic E-state index is 0.410. The zero-order valence-corrected chi connectivity index (χ0v) is 8.02. The topological polar surface area (TPSA) is 86.0 Å². The second-order valence-electron chi connectivity index (χ2n) is 2.28. The second-order valence-corrected chi connectivity index (χ2v) is 3.04. The number of hydrogen-bond donors (Lipinski definition) is 0. The van der Waals surface area contributed by atoms with E-state index < -0.39 is 32.8 Å². The Balaban J connectivity index is 3.51. The minimum Gasteiger partial charge on any atom is -0.287 e. The second kappa shape index (κ2) is 3.63. The SMILES string of the molecule is N#CC1=C(C#N)C(=[OH+])C(Cl)=C(Cl)C1=O. The quantitative estimate of drug-likeness (QED) is 0.460. The van der Waals surface area contributed by atoms with Crippen molar-refractivity contribution in [2.75, 3.05) is 0 Å². The largest absolute Gasteiger partial charge is 0.379 e. The predicted octanol–water partition coefficient (Wildman–Crippen LogP) is 1.15. The molecule has 0 unspecified atom stereocenters. The summed E-state index contributed by atoms with van der Waals surface area (Å²) in [7, 11) is 0. The van der Waals surface area contributed by atoms with E-state index in [4.69, 9.17) is 33.7 Å². The van der Waals surface area contributed by atoms with Gasteiger partial charge >= 0.3 is 5.78 Å². The molecule has 0 radical (unpaired) electrons. The van der Waals surface area contributed by atoms with Crippen LogP contribution in [-0.2, 0) is 4.79 Å². The normalized spacial score (nSPS) is 16.9. The van der Waals surface area contributed by atoms with E-state index >= 15 is 0 Å². The highest BCUT2D eigenvalue weighted by Crippen LogP contribution is 2.28. The van der Waals surface area contributed by atoms with Gasteiger partial charge in [0.15, 0.2) is 10.6 Å². The fraction of sp³-hybridized carbons (Fsp3) is 0. The van der Waals surface area contributed by atoms with Crippen molar-refractivity contribution in [1.29, 1.82) is 10.5 Å². The molecule has 6 heteroatoms. The van der Waals surface area contributed by atoms with E-state index in [0.717, 1.165) is 0 Å². The Morgan fingerprint density at radius 2 is 1.57 bits per heavy atom. The summed E-state index contributed by atoms with van der Waals surface area (Å²) in [5.41, 5.74) is -0.952. The number of allylic oxidation sites excluding steroid dienone is 4. The highest BCUT2D eigenvalue weighted by Gasteiger charge is 2.37. The average Bonchev–Trinajstić information content (AvgIpc) is 2.20. The van der Waals surface area contributed by atoms with E-state index in [1.54, 1.807) is 0 Å². The van der Waals surface area contributed by atoms with Crippen LogP contribution in [0.3, 0.4) is 0 Å². The molecule has 1 aliphatic rings. The monoisotopic (exact) mass is 227 g/mol. The Labute approximate surface area is 88.6 Å². The van der Waals surface area contributed by atoms with Crippen molar-refractivity contribution in [1.82, 2.24) is 0 Å². The molecule has 14 heavy (non-hydrogen) atoms. The number of rotatable bonds is 0. The molecule has 0 aliphatic heterocycles. The third kappa shape index (κ3) is 1.31. The van der Waals surface area contributed by atoms with Crippen LogP contribution < -0.4 is 0 Å². The fourth-order valence-corrected chi connectivity index (χ4v) is 1.23. The molecule has 0 spiro atoms. The molecule has 0 atom stereocenters. The van der Waals surface area contributed by atoms with Crippen molar-refractivity contribution < 1.29 is 9.59 Å². The van der Waals surface area contributed by atoms with Crippen molar-refractivity contribution >= 4 is 34.8 Å². The molecule has 1 N–H and O–H groups in total. The first-order chi connectivity index (χ1) is 6.54. The molecule has 1 aliphatic carbocycles. The number of halogens is 2. The number of ketones is 2. The third-order valence-corrected chi connectivity index (χ3v) is 2.36. The maximum atomic E-state index is 11.3. The fourth-order valence-electron chi connectivity index (χ4n) is 0.871. The van der Waals surface area contributed by atoms with Crippen LogP contribution in [0.5, 0.6) is 0 Å². The maximum Gasteiger partial charge on any atom is 0.379 e. The molecule has 0 fully saturated rings. The van der Waals surface area contributed by atoms with Crippen molar-refractivity contribution in [3.8, 4) is 12.1 Å². The zero-order chi connectivity index (χ0) is 10.9. The van der Waals surface area contributed by atoms with Crippen LogP contribution in [0.1, 0.15) is 0 Å². The number of carbonyl (C=O) groups is 1. The van der Waals surface area contributed by atoms with Crippen LogP contribution in [0.2, 0.25) is 0 Å². The molecule has 1 rings (SSSR count). The molecule has 4 nitrogen and oxygen atoms in total. The van der Waals surface area contributed by atoms with Crippen LogP contribution in [0.25, 0.3) is 0 Å². The summed E-state index contributed by atoms with van der Waals surface area (Å²) in [4.78, 5) is 20.5. The van der Waals surface area contributed by atoms with Gasteiger partial charge in [0.1, 0.15) is 22.7 Å². The molecule has 0 aromatic rings. The Hall–Kier alpha value is -1.62. The van der Waals surface area contributed by atoms with Gasteiger partial charge < -0.3 is 0 Å². The number of Topliss-reactive ketones (excluding diaryl/α,β-unsaturated/α-hetero) is 1. The van der Waals surface area contributed by atoms with Gasteiger partial charge in [-0.2, -0.15) is 10.5 Å². The van der Waals surface area contributed by atoms with Gasteiger partial charge in [0, 0.05) is 0 Å². The van der Waals surface area contributed by atoms with E-state index in [9.17, 15) is 9.59 Å². The average molecular weight is 228 g/mol. The number of carbonyl (C=O) groups excluding carboxylic acids is 2. The summed E-state index contributed by atoms with van der Waals surface area (Å²) < 4.78 is 0. The van der Waals surface area contributed by atoms with Crippen LogP contribution in [0, 0.1) is 22.7 Å². The smallest absolute Gasteiger partial charge is 0.287 e. The molecule has 0 heterocycles. The van der Waals surface area contributed by atoms with E-state index in [0.29, 0.717) is 0 Å². The number of hydrogen-bond acceptors (Lipinski definition) is 3. The Morgan fingerprint density at radius 3 is 2.00 bits per heavy atom. The van der Waals surface area contributed by atoms with Crippen molar-refractivity contribution in [2.45, 2.75) is 0 Å². The molecule has 0 saturated heterocycles.